The van der Waals surface area contributed by atoms with Crippen molar-refractivity contribution in [3.05, 3.63) is 35.4 Å². The lowest BCUT2D eigenvalue weighted by atomic mass is 9.94. The number of nitrogens with zero attached hydrogens (tertiary/aromatic N) is 1. The topological polar surface area (TPSA) is 29.3 Å². The minimum atomic E-state index is 0.624. The molecule has 1 aromatic rings. The largest absolute Gasteiger partial charge is 0.329 e. The maximum absolute atomic E-state index is 5.58. The van der Waals surface area contributed by atoms with Gasteiger partial charge in [0, 0.05) is 25.7 Å². The van der Waals surface area contributed by atoms with Crippen molar-refractivity contribution in [2.45, 2.75) is 25.8 Å². The van der Waals surface area contributed by atoms with E-state index in [1.165, 1.54) is 24.1 Å². The summed E-state index contributed by atoms with van der Waals surface area (Å²) in [5, 5.41) is 0. The second-order valence-corrected chi connectivity index (χ2v) is 4.22. The highest BCUT2D eigenvalue weighted by Gasteiger charge is 2.27. The van der Waals surface area contributed by atoms with Crippen LogP contribution in [-0.4, -0.2) is 24.5 Å². The fraction of sp³-hybridized carbons (Fsp3) is 0.538. The Morgan fingerprint density at radius 3 is 2.53 bits per heavy atom. The molecule has 15 heavy (non-hydrogen) atoms. The zero-order valence-corrected chi connectivity index (χ0v) is 9.45. The van der Waals surface area contributed by atoms with Gasteiger partial charge in [-0.3, -0.25) is 4.90 Å². The van der Waals surface area contributed by atoms with Crippen molar-refractivity contribution >= 4 is 0 Å². The minimum absolute atomic E-state index is 0.624. The van der Waals surface area contributed by atoms with Crippen LogP contribution in [0.15, 0.2) is 24.3 Å². The number of benzene rings is 1. The van der Waals surface area contributed by atoms with E-state index in [1.807, 2.05) is 0 Å². The normalized spacial score (nSPS) is 21.3. The van der Waals surface area contributed by atoms with Gasteiger partial charge in [0.15, 0.2) is 0 Å². The van der Waals surface area contributed by atoms with Crippen LogP contribution in [0.1, 0.15) is 30.5 Å². The van der Waals surface area contributed by atoms with Gasteiger partial charge in [-0.25, -0.2) is 0 Å². The molecule has 1 fully saturated rings. The monoisotopic (exact) mass is 204 g/mol. The summed E-state index contributed by atoms with van der Waals surface area (Å²) in [4.78, 5) is 2.46. The summed E-state index contributed by atoms with van der Waals surface area (Å²) in [6.07, 6.45) is 2.41. The molecule has 2 heteroatoms. The first-order valence-electron chi connectivity index (χ1n) is 5.88. The minimum Gasteiger partial charge on any atom is -0.329 e. The van der Waals surface area contributed by atoms with Crippen molar-refractivity contribution in [2.24, 2.45) is 5.73 Å². The van der Waals surface area contributed by atoms with Gasteiger partial charge in [-0.2, -0.15) is 0 Å². The van der Waals surface area contributed by atoms with Crippen molar-refractivity contribution < 1.29 is 0 Å². The molecule has 1 saturated heterocycles. The van der Waals surface area contributed by atoms with Gasteiger partial charge in [0.1, 0.15) is 0 Å². The summed E-state index contributed by atoms with van der Waals surface area (Å²) in [6.45, 7) is 5.19. The molecular formula is C13H20N2. The van der Waals surface area contributed by atoms with Crippen LogP contribution >= 0.6 is 0 Å². The van der Waals surface area contributed by atoms with Gasteiger partial charge in [-0.1, -0.05) is 31.2 Å². The fourth-order valence-electron chi connectivity index (χ4n) is 2.23. The van der Waals surface area contributed by atoms with Crippen LogP contribution in [-0.2, 0) is 6.42 Å². The number of hydrogen-bond acceptors (Lipinski definition) is 2. The third-order valence-corrected chi connectivity index (χ3v) is 3.32. The summed E-state index contributed by atoms with van der Waals surface area (Å²) in [5.41, 5.74) is 8.45. The number of nitrogens with two attached hydrogens (primary N) is 1. The molecule has 0 saturated carbocycles. The molecule has 0 amide bonds. The lowest BCUT2D eigenvalue weighted by Gasteiger charge is -2.41. The van der Waals surface area contributed by atoms with Crippen LogP contribution in [0.5, 0.6) is 0 Å². The van der Waals surface area contributed by atoms with Gasteiger partial charge in [0.05, 0.1) is 0 Å². The van der Waals surface area contributed by atoms with Gasteiger partial charge in [0.2, 0.25) is 0 Å². The predicted octanol–water partition coefficient (Wildman–Crippen LogP) is 1.95. The Kier molecular flexibility index (Phi) is 3.39. The predicted molar refractivity (Wildman–Crippen MR) is 63.8 cm³/mol. The molecule has 1 aliphatic heterocycles. The molecule has 1 atom stereocenters. The van der Waals surface area contributed by atoms with E-state index in [4.69, 9.17) is 5.73 Å². The van der Waals surface area contributed by atoms with E-state index in [0.29, 0.717) is 6.04 Å². The van der Waals surface area contributed by atoms with Crippen LogP contribution in [0.2, 0.25) is 0 Å². The number of hydrogen-bond donors (Lipinski definition) is 1. The summed E-state index contributed by atoms with van der Waals surface area (Å²) < 4.78 is 0. The zero-order valence-electron chi connectivity index (χ0n) is 9.45. The molecule has 2 nitrogen and oxygen atoms in total. The Morgan fingerprint density at radius 1 is 1.33 bits per heavy atom. The van der Waals surface area contributed by atoms with E-state index >= 15 is 0 Å². The van der Waals surface area contributed by atoms with E-state index in [2.05, 4.69) is 36.1 Å². The van der Waals surface area contributed by atoms with Crippen LogP contribution < -0.4 is 5.73 Å². The summed E-state index contributed by atoms with van der Waals surface area (Å²) >= 11 is 0. The molecule has 2 N–H and O–H groups in total. The fourth-order valence-corrected chi connectivity index (χ4v) is 2.23. The molecule has 0 bridgehead atoms. The Balaban J connectivity index is 2.03. The van der Waals surface area contributed by atoms with E-state index in [9.17, 15) is 0 Å². The van der Waals surface area contributed by atoms with E-state index in [0.717, 1.165) is 19.5 Å². The van der Waals surface area contributed by atoms with Gasteiger partial charge in [-0.05, 0) is 24.0 Å². The van der Waals surface area contributed by atoms with Gasteiger partial charge in [0.25, 0.3) is 0 Å². The standard InChI is InChI=1S/C13H20N2/c1-2-11-3-5-12(6-4-11)13-7-9-15(13)10-8-14/h3-6,13H,2,7-10,14H2,1H3. The van der Waals surface area contributed by atoms with Crippen molar-refractivity contribution in [2.75, 3.05) is 19.6 Å². The Bertz CT molecular complexity index is 305. The van der Waals surface area contributed by atoms with Gasteiger partial charge >= 0.3 is 0 Å². The average Bonchev–Trinajstić information content (AvgIpc) is 2.25. The molecule has 82 valence electrons. The summed E-state index contributed by atoms with van der Waals surface area (Å²) in [7, 11) is 0. The molecule has 1 aromatic carbocycles. The average molecular weight is 204 g/mol. The first-order chi connectivity index (χ1) is 7.35. The highest BCUT2D eigenvalue weighted by Crippen LogP contribution is 2.32. The molecule has 1 unspecified atom stereocenters. The van der Waals surface area contributed by atoms with Gasteiger partial charge in [-0.15, -0.1) is 0 Å². The van der Waals surface area contributed by atoms with Crippen molar-refractivity contribution in [3.8, 4) is 0 Å². The van der Waals surface area contributed by atoms with Crippen LogP contribution in [0, 0.1) is 0 Å². The lowest BCUT2D eigenvalue weighted by molar-refractivity contribution is 0.0951. The molecule has 2 rings (SSSR count). The zero-order chi connectivity index (χ0) is 10.7. The molecule has 0 radical (unpaired) electrons. The second kappa shape index (κ2) is 4.77. The maximum Gasteiger partial charge on any atom is 0.0360 e. The summed E-state index contributed by atoms with van der Waals surface area (Å²) in [6, 6.07) is 9.65. The van der Waals surface area contributed by atoms with Crippen LogP contribution in [0.25, 0.3) is 0 Å². The Labute approximate surface area is 92.1 Å². The smallest absolute Gasteiger partial charge is 0.0360 e. The van der Waals surface area contributed by atoms with Crippen LogP contribution in [0.4, 0.5) is 0 Å². The SMILES string of the molecule is CCc1ccc(C2CCN2CCN)cc1. The van der Waals surface area contributed by atoms with Gasteiger partial charge < -0.3 is 5.73 Å². The maximum atomic E-state index is 5.58. The van der Waals surface area contributed by atoms with E-state index in [1.54, 1.807) is 0 Å². The number of rotatable bonds is 4. The molecule has 0 aliphatic carbocycles. The first-order valence-corrected chi connectivity index (χ1v) is 5.88. The Hall–Kier alpha value is -0.860. The van der Waals surface area contributed by atoms with E-state index < -0.39 is 0 Å². The van der Waals surface area contributed by atoms with Crippen LogP contribution in [0.3, 0.4) is 0 Å². The first kappa shape index (κ1) is 10.7. The highest BCUT2D eigenvalue weighted by molar-refractivity contribution is 5.26. The second-order valence-electron chi connectivity index (χ2n) is 4.22. The molecular weight excluding hydrogens is 184 g/mol. The van der Waals surface area contributed by atoms with E-state index in [-0.39, 0.29) is 0 Å². The number of aryl methyl sites for hydroxylation is 1. The number of likely N-dealkylation sites (tertiary alicyclic amines) is 1. The molecule has 0 spiro atoms. The van der Waals surface area contributed by atoms with Crippen molar-refractivity contribution in [3.63, 3.8) is 0 Å². The summed E-state index contributed by atoms with van der Waals surface area (Å²) in [5.74, 6) is 0. The third kappa shape index (κ3) is 2.21. The lowest BCUT2D eigenvalue weighted by Crippen LogP contribution is -2.43. The quantitative estimate of drug-likeness (QED) is 0.812. The molecule has 1 heterocycles. The highest BCUT2D eigenvalue weighted by atomic mass is 15.2. The van der Waals surface area contributed by atoms with Crippen molar-refractivity contribution in [1.82, 2.24) is 4.90 Å². The van der Waals surface area contributed by atoms with Crippen molar-refractivity contribution in [1.29, 1.82) is 0 Å². The molecule has 0 aromatic heterocycles. The Morgan fingerprint density at radius 2 is 2.07 bits per heavy atom. The third-order valence-electron chi connectivity index (χ3n) is 3.32. The molecule has 1 aliphatic rings.